The van der Waals surface area contributed by atoms with Crippen LogP contribution in [0.15, 0.2) is 0 Å². The number of hydrogen-bond acceptors (Lipinski definition) is 2. The summed E-state index contributed by atoms with van der Waals surface area (Å²) in [6.45, 7) is 15.3. The Kier molecular flexibility index (Phi) is 3.44. The van der Waals surface area contributed by atoms with Crippen molar-refractivity contribution >= 4 is 8.07 Å². The molecule has 0 aromatic carbocycles. The van der Waals surface area contributed by atoms with Crippen LogP contribution in [0, 0.1) is 11.3 Å². The van der Waals surface area contributed by atoms with Gasteiger partial charge in [0.1, 0.15) is 0 Å². The largest absolute Gasteiger partial charge is 0.330 e. The second-order valence-corrected chi connectivity index (χ2v) is 11.9. The molecule has 0 aromatic rings. The zero-order valence-electron chi connectivity index (χ0n) is 10.4. The molecule has 2 atom stereocenters. The van der Waals surface area contributed by atoms with Crippen molar-refractivity contribution in [3.05, 3.63) is 0 Å². The van der Waals surface area contributed by atoms with Gasteiger partial charge in [-0.05, 0) is 24.0 Å². The standard InChI is InChI=1S/C11H26N2Si/c1-10-6-13(9-14(3,4)5)8-11(10,2)7-12/h10H,6-9,12H2,1-5H3. The molecule has 1 rings (SSSR count). The Labute approximate surface area is 89.9 Å². The summed E-state index contributed by atoms with van der Waals surface area (Å²) in [5.74, 6) is 0.754. The lowest BCUT2D eigenvalue weighted by molar-refractivity contribution is 0.271. The highest BCUT2D eigenvalue weighted by molar-refractivity contribution is 6.76. The lowest BCUT2D eigenvalue weighted by atomic mass is 9.81. The minimum absolute atomic E-state index is 0.361. The normalized spacial score (nSPS) is 35.1. The van der Waals surface area contributed by atoms with Crippen molar-refractivity contribution in [2.45, 2.75) is 33.5 Å². The fourth-order valence-corrected chi connectivity index (χ4v) is 3.98. The number of hydrogen-bond donors (Lipinski definition) is 1. The molecule has 1 saturated heterocycles. The molecule has 1 aliphatic heterocycles. The summed E-state index contributed by atoms with van der Waals surface area (Å²) in [6.07, 6.45) is 1.33. The summed E-state index contributed by atoms with van der Waals surface area (Å²) in [5.41, 5.74) is 6.23. The highest BCUT2D eigenvalue weighted by Gasteiger charge is 2.40. The molecule has 0 aromatic heterocycles. The Morgan fingerprint density at radius 2 is 2.00 bits per heavy atom. The average Bonchev–Trinajstić information content (AvgIpc) is 2.25. The maximum atomic E-state index is 5.87. The molecule has 84 valence electrons. The van der Waals surface area contributed by atoms with Gasteiger partial charge in [0.2, 0.25) is 0 Å². The van der Waals surface area contributed by atoms with Crippen molar-refractivity contribution in [2.75, 3.05) is 25.8 Å². The fraction of sp³-hybridized carbons (Fsp3) is 1.00. The van der Waals surface area contributed by atoms with Crippen LogP contribution in [0.2, 0.25) is 19.6 Å². The number of nitrogens with zero attached hydrogens (tertiary/aromatic N) is 1. The first-order valence-electron chi connectivity index (χ1n) is 5.69. The molecule has 2 N–H and O–H groups in total. The van der Waals surface area contributed by atoms with E-state index in [0.717, 1.165) is 12.5 Å². The Hall–Kier alpha value is 0.137. The maximum absolute atomic E-state index is 5.87. The maximum Gasteiger partial charge on any atom is 0.0599 e. The van der Waals surface area contributed by atoms with E-state index in [1.54, 1.807) is 0 Å². The van der Waals surface area contributed by atoms with Gasteiger partial charge < -0.3 is 10.6 Å². The molecule has 0 saturated carbocycles. The Morgan fingerprint density at radius 3 is 2.36 bits per heavy atom. The molecule has 2 nitrogen and oxygen atoms in total. The molecule has 0 amide bonds. The molecule has 1 aliphatic rings. The van der Waals surface area contributed by atoms with E-state index in [-0.39, 0.29) is 0 Å². The molecule has 0 aliphatic carbocycles. The van der Waals surface area contributed by atoms with E-state index in [1.807, 2.05) is 0 Å². The van der Waals surface area contributed by atoms with E-state index in [0.29, 0.717) is 5.41 Å². The lowest BCUT2D eigenvalue weighted by Gasteiger charge is -2.28. The van der Waals surface area contributed by atoms with Crippen LogP contribution in [0.25, 0.3) is 0 Å². The molecule has 2 unspecified atom stereocenters. The summed E-state index contributed by atoms with van der Waals surface area (Å²) in [4.78, 5) is 2.63. The molecule has 0 bridgehead atoms. The van der Waals surface area contributed by atoms with Gasteiger partial charge in [-0.1, -0.05) is 33.5 Å². The predicted molar refractivity (Wildman–Crippen MR) is 66.1 cm³/mol. The highest BCUT2D eigenvalue weighted by Crippen LogP contribution is 2.34. The predicted octanol–water partition coefficient (Wildman–Crippen LogP) is 1.78. The molecule has 0 spiro atoms. The highest BCUT2D eigenvalue weighted by atomic mass is 28.3. The van der Waals surface area contributed by atoms with Gasteiger partial charge >= 0.3 is 0 Å². The van der Waals surface area contributed by atoms with E-state index in [9.17, 15) is 0 Å². The van der Waals surface area contributed by atoms with Crippen molar-refractivity contribution in [1.29, 1.82) is 0 Å². The van der Waals surface area contributed by atoms with E-state index >= 15 is 0 Å². The van der Waals surface area contributed by atoms with E-state index in [1.165, 1.54) is 19.3 Å². The summed E-state index contributed by atoms with van der Waals surface area (Å²) in [7, 11) is -0.942. The molecular formula is C11H26N2Si. The van der Waals surface area contributed by atoms with Gasteiger partial charge in [-0.15, -0.1) is 0 Å². The smallest absolute Gasteiger partial charge is 0.0599 e. The molecule has 1 heterocycles. The summed E-state index contributed by atoms with van der Waals surface area (Å²) >= 11 is 0. The molecule has 3 heteroatoms. The third-order valence-electron chi connectivity index (χ3n) is 3.47. The molecule has 1 fully saturated rings. The minimum Gasteiger partial charge on any atom is -0.330 e. The van der Waals surface area contributed by atoms with E-state index in [2.05, 4.69) is 38.4 Å². The number of rotatable bonds is 3. The SMILES string of the molecule is CC1CN(C[Si](C)(C)C)CC1(C)CN. The first kappa shape index (κ1) is 12.2. The van der Waals surface area contributed by atoms with Crippen LogP contribution in [-0.4, -0.2) is 38.8 Å². The van der Waals surface area contributed by atoms with Crippen LogP contribution in [0.1, 0.15) is 13.8 Å². The lowest BCUT2D eigenvalue weighted by Crippen LogP contribution is -2.40. The quantitative estimate of drug-likeness (QED) is 0.726. The van der Waals surface area contributed by atoms with Crippen molar-refractivity contribution in [3.8, 4) is 0 Å². The van der Waals surface area contributed by atoms with Crippen LogP contribution in [0.5, 0.6) is 0 Å². The van der Waals surface area contributed by atoms with Gasteiger partial charge in [-0.25, -0.2) is 0 Å². The van der Waals surface area contributed by atoms with Crippen LogP contribution >= 0.6 is 0 Å². The minimum atomic E-state index is -0.942. The zero-order valence-corrected chi connectivity index (χ0v) is 11.4. The van der Waals surface area contributed by atoms with Gasteiger partial charge in [0.15, 0.2) is 0 Å². The molecule has 14 heavy (non-hydrogen) atoms. The van der Waals surface area contributed by atoms with Crippen molar-refractivity contribution < 1.29 is 0 Å². The third kappa shape index (κ3) is 2.81. The average molecular weight is 214 g/mol. The number of likely N-dealkylation sites (tertiary alicyclic amines) is 1. The molecular weight excluding hydrogens is 188 g/mol. The van der Waals surface area contributed by atoms with Gasteiger partial charge in [0.25, 0.3) is 0 Å². The van der Waals surface area contributed by atoms with Crippen molar-refractivity contribution in [1.82, 2.24) is 4.90 Å². The fourth-order valence-electron chi connectivity index (χ4n) is 2.40. The number of nitrogens with two attached hydrogens (primary N) is 1. The summed E-state index contributed by atoms with van der Waals surface area (Å²) in [6, 6.07) is 0. The topological polar surface area (TPSA) is 29.3 Å². The second-order valence-electron chi connectivity index (χ2n) is 6.49. The van der Waals surface area contributed by atoms with Gasteiger partial charge in [-0.2, -0.15) is 0 Å². The zero-order chi connectivity index (χ0) is 11.0. The Balaban J connectivity index is 2.55. The van der Waals surface area contributed by atoms with Crippen LogP contribution < -0.4 is 5.73 Å². The monoisotopic (exact) mass is 214 g/mol. The van der Waals surface area contributed by atoms with Crippen LogP contribution in [0.3, 0.4) is 0 Å². The van der Waals surface area contributed by atoms with Crippen molar-refractivity contribution in [2.24, 2.45) is 17.1 Å². The van der Waals surface area contributed by atoms with Crippen LogP contribution in [-0.2, 0) is 0 Å². The van der Waals surface area contributed by atoms with E-state index in [4.69, 9.17) is 5.73 Å². The summed E-state index contributed by atoms with van der Waals surface area (Å²) in [5, 5.41) is 0. The van der Waals surface area contributed by atoms with Crippen molar-refractivity contribution in [3.63, 3.8) is 0 Å². The third-order valence-corrected chi connectivity index (χ3v) is 4.87. The first-order chi connectivity index (χ1) is 6.27. The van der Waals surface area contributed by atoms with Gasteiger partial charge in [0.05, 0.1) is 8.07 Å². The first-order valence-corrected chi connectivity index (χ1v) is 9.40. The van der Waals surface area contributed by atoms with Gasteiger partial charge in [0, 0.05) is 13.1 Å². The Morgan fingerprint density at radius 1 is 1.43 bits per heavy atom. The van der Waals surface area contributed by atoms with E-state index < -0.39 is 8.07 Å². The van der Waals surface area contributed by atoms with Gasteiger partial charge in [-0.3, -0.25) is 0 Å². The molecule has 0 radical (unpaired) electrons. The summed E-state index contributed by atoms with van der Waals surface area (Å²) < 4.78 is 0. The second kappa shape index (κ2) is 3.95. The van der Waals surface area contributed by atoms with Crippen LogP contribution in [0.4, 0.5) is 0 Å². The Bertz CT molecular complexity index is 200.